The lowest BCUT2D eigenvalue weighted by Crippen LogP contribution is -2.16. The second-order valence-electron chi connectivity index (χ2n) is 6.17. The lowest BCUT2D eigenvalue weighted by Gasteiger charge is -2.08. The summed E-state index contributed by atoms with van der Waals surface area (Å²) in [6.45, 7) is 1.93. The maximum Gasteiger partial charge on any atom is 0.341 e. The van der Waals surface area contributed by atoms with Gasteiger partial charge in [0.05, 0.1) is 20.6 Å². The average Bonchev–Trinajstić information content (AvgIpc) is 3.04. The average molecular weight is 395 g/mol. The van der Waals surface area contributed by atoms with Crippen LogP contribution >= 0.6 is 11.3 Å². The van der Waals surface area contributed by atoms with Gasteiger partial charge in [-0.25, -0.2) is 4.79 Å². The summed E-state index contributed by atoms with van der Waals surface area (Å²) in [7, 11) is 2.94. The summed E-state index contributed by atoms with van der Waals surface area (Å²) >= 11 is 1.37. The van der Waals surface area contributed by atoms with Crippen molar-refractivity contribution >= 4 is 28.2 Å². The number of hydrogen-bond acceptors (Lipinski definition) is 5. The summed E-state index contributed by atoms with van der Waals surface area (Å²) in [5.41, 5.74) is 2.94. The van der Waals surface area contributed by atoms with E-state index in [9.17, 15) is 9.59 Å². The first-order valence-electron chi connectivity index (χ1n) is 8.73. The standard InChI is InChI=1S/C22H21NO4S/c1-14-19(16-7-5-4-6-8-16)20(22(25)27-3)21(28-14)23-18(24)13-15-9-11-17(26-2)12-10-15/h4-12H,13H2,1-3H3,(H,23,24). The van der Waals surface area contributed by atoms with Gasteiger partial charge in [0.2, 0.25) is 5.91 Å². The van der Waals surface area contributed by atoms with E-state index < -0.39 is 5.97 Å². The van der Waals surface area contributed by atoms with E-state index in [4.69, 9.17) is 9.47 Å². The lowest BCUT2D eigenvalue weighted by molar-refractivity contribution is -0.115. The van der Waals surface area contributed by atoms with E-state index in [1.54, 1.807) is 7.11 Å². The number of benzene rings is 2. The van der Waals surface area contributed by atoms with Crippen LogP contribution in [0.1, 0.15) is 20.8 Å². The molecule has 1 aromatic heterocycles. The first kappa shape index (κ1) is 19.6. The molecule has 3 aromatic rings. The third-order valence-electron chi connectivity index (χ3n) is 4.31. The second-order valence-corrected chi connectivity index (χ2v) is 7.39. The number of nitrogens with one attached hydrogen (secondary N) is 1. The van der Waals surface area contributed by atoms with Crippen LogP contribution in [0.5, 0.6) is 5.75 Å². The minimum Gasteiger partial charge on any atom is -0.497 e. The lowest BCUT2D eigenvalue weighted by atomic mass is 10.0. The number of rotatable bonds is 6. The van der Waals surface area contributed by atoms with E-state index in [-0.39, 0.29) is 12.3 Å². The van der Waals surface area contributed by atoms with Gasteiger partial charge >= 0.3 is 5.97 Å². The van der Waals surface area contributed by atoms with Crippen molar-refractivity contribution in [3.63, 3.8) is 0 Å². The molecule has 3 rings (SSSR count). The molecule has 0 spiro atoms. The molecular weight excluding hydrogens is 374 g/mol. The molecular formula is C22H21NO4S. The maximum absolute atomic E-state index is 12.6. The topological polar surface area (TPSA) is 64.6 Å². The van der Waals surface area contributed by atoms with E-state index in [0.29, 0.717) is 10.6 Å². The minimum atomic E-state index is -0.469. The molecule has 0 saturated heterocycles. The SMILES string of the molecule is COC(=O)c1c(NC(=O)Cc2ccc(OC)cc2)sc(C)c1-c1ccccc1. The van der Waals surface area contributed by atoms with Crippen molar-refractivity contribution in [1.29, 1.82) is 0 Å². The Hall–Kier alpha value is -3.12. The fraction of sp³-hybridized carbons (Fsp3) is 0.182. The zero-order chi connectivity index (χ0) is 20.1. The highest BCUT2D eigenvalue weighted by Crippen LogP contribution is 2.40. The molecule has 0 atom stereocenters. The fourth-order valence-corrected chi connectivity index (χ4v) is 4.06. The molecule has 0 aliphatic carbocycles. The number of aryl methyl sites for hydroxylation is 1. The third kappa shape index (κ3) is 4.23. The Kier molecular flexibility index (Phi) is 6.11. The van der Waals surface area contributed by atoms with Crippen molar-refractivity contribution in [2.45, 2.75) is 13.3 Å². The van der Waals surface area contributed by atoms with Gasteiger partial charge in [0.25, 0.3) is 0 Å². The molecule has 28 heavy (non-hydrogen) atoms. The number of ether oxygens (including phenoxy) is 2. The van der Waals surface area contributed by atoms with Crippen molar-refractivity contribution in [3.05, 3.63) is 70.6 Å². The van der Waals surface area contributed by atoms with Gasteiger partial charge < -0.3 is 14.8 Å². The Labute approximate surface area is 167 Å². The highest BCUT2D eigenvalue weighted by molar-refractivity contribution is 7.17. The number of methoxy groups -OCH3 is 2. The van der Waals surface area contributed by atoms with Gasteiger partial charge in [-0.2, -0.15) is 0 Å². The predicted molar refractivity (Wildman–Crippen MR) is 111 cm³/mol. The number of hydrogen-bond donors (Lipinski definition) is 1. The molecule has 0 fully saturated rings. The summed E-state index contributed by atoms with van der Waals surface area (Å²) in [6, 6.07) is 16.9. The zero-order valence-electron chi connectivity index (χ0n) is 15.9. The molecule has 6 heteroatoms. The van der Waals surface area contributed by atoms with Crippen molar-refractivity contribution in [2.75, 3.05) is 19.5 Å². The molecule has 0 radical (unpaired) electrons. The molecule has 2 aromatic carbocycles. The van der Waals surface area contributed by atoms with Crippen molar-refractivity contribution in [3.8, 4) is 16.9 Å². The van der Waals surface area contributed by atoms with Crippen molar-refractivity contribution in [1.82, 2.24) is 0 Å². The van der Waals surface area contributed by atoms with E-state index in [1.807, 2.05) is 61.5 Å². The highest BCUT2D eigenvalue weighted by Gasteiger charge is 2.25. The summed E-state index contributed by atoms with van der Waals surface area (Å²) < 4.78 is 10.1. The molecule has 5 nitrogen and oxygen atoms in total. The van der Waals surface area contributed by atoms with Crippen LogP contribution in [0.15, 0.2) is 54.6 Å². The molecule has 1 amide bonds. The zero-order valence-corrected chi connectivity index (χ0v) is 16.8. The van der Waals surface area contributed by atoms with Gasteiger partial charge in [0, 0.05) is 10.4 Å². The van der Waals surface area contributed by atoms with Gasteiger partial charge in [-0.1, -0.05) is 42.5 Å². The maximum atomic E-state index is 12.6. The Morgan fingerprint density at radius 2 is 1.68 bits per heavy atom. The monoisotopic (exact) mass is 395 g/mol. The van der Waals surface area contributed by atoms with Crippen LogP contribution in [0.3, 0.4) is 0 Å². The van der Waals surface area contributed by atoms with Gasteiger partial charge in [0.1, 0.15) is 16.3 Å². The molecule has 1 N–H and O–H groups in total. The first-order chi connectivity index (χ1) is 13.5. The third-order valence-corrected chi connectivity index (χ3v) is 5.33. The van der Waals surface area contributed by atoms with E-state index in [1.165, 1.54) is 18.4 Å². The molecule has 0 bridgehead atoms. The number of esters is 1. The van der Waals surface area contributed by atoms with Crippen LogP contribution in [0, 0.1) is 6.92 Å². The smallest absolute Gasteiger partial charge is 0.341 e. The molecule has 0 aliphatic heterocycles. The minimum absolute atomic E-state index is 0.197. The van der Waals surface area contributed by atoms with Crippen molar-refractivity contribution in [2.24, 2.45) is 0 Å². The number of thiophene rings is 1. The number of amides is 1. The van der Waals surface area contributed by atoms with Crippen LogP contribution in [-0.4, -0.2) is 26.1 Å². The van der Waals surface area contributed by atoms with Gasteiger partial charge in [-0.15, -0.1) is 11.3 Å². The molecule has 0 aliphatic rings. The highest BCUT2D eigenvalue weighted by atomic mass is 32.1. The van der Waals surface area contributed by atoms with Crippen LogP contribution < -0.4 is 10.1 Å². The van der Waals surface area contributed by atoms with Crippen LogP contribution in [-0.2, 0) is 16.0 Å². The summed E-state index contributed by atoms with van der Waals surface area (Å²) in [5.74, 6) is 0.0673. The van der Waals surface area contributed by atoms with Crippen molar-refractivity contribution < 1.29 is 19.1 Å². The Bertz CT molecular complexity index is 978. The summed E-state index contributed by atoms with van der Waals surface area (Å²) in [6.07, 6.45) is 0.197. The van der Waals surface area contributed by atoms with Crippen LogP contribution in [0.4, 0.5) is 5.00 Å². The van der Waals surface area contributed by atoms with E-state index >= 15 is 0 Å². The molecule has 1 heterocycles. The number of anilines is 1. The quantitative estimate of drug-likeness (QED) is 0.615. The van der Waals surface area contributed by atoms with Crippen LogP contribution in [0.2, 0.25) is 0 Å². The second kappa shape index (κ2) is 8.71. The summed E-state index contributed by atoms with van der Waals surface area (Å²) in [5, 5.41) is 3.38. The number of carbonyl (C=O) groups is 2. The fourth-order valence-electron chi connectivity index (χ4n) is 2.98. The van der Waals surface area contributed by atoms with E-state index in [0.717, 1.165) is 27.3 Å². The Morgan fingerprint density at radius 3 is 2.29 bits per heavy atom. The van der Waals surface area contributed by atoms with E-state index in [2.05, 4.69) is 5.32 Å². The first-order valence-corrected chi connectivity index (χ1v) is 9.55. The Balaban J connectivity index is 1.88. The van der Waals surface area contributed by atoms with Crippen LogP contribution in [0.25, 0.3) is 11.1 Å². The van der Waals surface area contributed by atoms with Gasteiger partial charge in [-0.3, -0.25) is 4.79 Å². The largest absolute Gasteiger partial charge is 0.497 e. The number of carbonyl (C=O) groups excluding carboxylic acids is 2. The van der Waals surface area contributed by atoms with Gasteiger partial charge in [0.15, 0.2) is 0 Å². The molecule has 144 valence electrons. The van der Waals surface area contributed by atoms with Gasteiger partial charge in [-0.05, 0) is 30.2 Å². The normalized spacial score (nSPS) is 10.4. The summed E-state index contributed by atoms with van der Waals surface area (Å²) in [4.78, 5) is 26.0. The predicted octanol–water partition coefficient (Wildman–Crippen LogP) is 4.70. The molecule has 0 unspecified atom stereocenters. The Morgan fingerprint density at radius 1 is 1.00 bits per heavy atom. The molecule has 0 saturated carbocycles.